The van der Waals surface area contributed by atoms with Crippen molar-refractivity contribution < 1.29 is 19.0 Å². The first kappa shape index (κ1) is 15.1. The minimum atomic E-state index is -0.674. The molecular weight excluding hydrogens is 273 g/mol. The number of hydrogen-bond acceptors (Lipinski definition) is 4. The molecule has 21 heavy (non-hydrogen) atoms. The molecule has 5 heteroatoms. The minimum absolute atomic E-state index is 0.166. The minimum Gasteiger partial charge on any atom is -0.497 e. The second-order valence-electron chi connectivity index (χ2n) is 4.52. The van der Waals surface area contributed by atoms with Crippen LogP contribution in [0.1, 0.15) is 11.7 Å². The van der Waals surface area contributed by atoms with E-state index in [4.69, 9.17) is 9.47 Å². The van der Waals surface area contributed by atoms with Crippen molar-refractivity contribution in [3.05, 3.63) is 53.8 Å². The van der Waals surface area contributed by atoms with Gasteiger partial charge in [-0.3, -0.25) is 0 Å². The van der Waals surface area contributed by atoms with E-state index in [1.807, 2.05) is 0 Å². The summed E-state index contributed by atoms with van der Waals surface area (Å²) in [4.78, 5) is 0. The van der Waals surface area contributed by atoms with Gasteiger partial charge in [0.25, 0.3) is 0 Å². The van der Waals surface area contributed by atoms with Crippen molar-refractivity contribution in [1.82, 2.24) is 0 Å². The van der Waals surface area contributed by atoms with Crippen LogP contribution in [0.2, 0.25) is 0 Å². The second kappa shape index (κ2) is 6.95. The van der Waals surface area contributed by atoms with E-state index in [1.165, 1.54) is 13.2 Å². The van der Waals surface area contributed by atoms with E-state index in [-0.39, 0.29) is 5.75 Å². The highest BCUT2D eigenvalue weighted by atomic mass is 19.1. The lowest BCUT2D eigenvalue weighted by atomic mass is 10.1. The number of rotatable bonds is 6. The average molecular weight is 291 g/mol. The monoisotopic (exact) mass is 291 g/mol. The number of methoxy groups -OCH3 is 2. The van der Waals surface area contributed by atoms with Crippen molar-refractivity contribution in [2.45, 2.75) is 6.10 Å². The van der Waals surface area contributed by atoms with Crippen LogP contribution in [0, 0.1) is 5.82 Å². The Balaban J connectivity index is 1.98. The molecule has 0 amide bonds. The van der Waals surface area contributed by atoms with Crippen molar-refractivity contribution >= 4 is 5.69 Å². The Morgan fingerprint density at radius 1 is 1.10 bits per heavy atom. The van der Waals surface area contributed by atoms with Gasteiger partial charge in [-0.2, -0.15) is 0 Å². The molecule has 1 atom stereocenters. The number of hydrogen-bond donors (Lipinski definition) is 2. The summed E-state index contributed by atoms with van der Waals surface area (Å²) in [6.07, 6.45) is -0.674. The van der Waals surface area contributed by atoms with Gasteiger partial charge in [0, 0.05) is 18.3 Å². The molecule has 2 aromatic rings. The van der Waals surface area contributed by atoms with Crippen LogP contribution >= 0.6 is 0 Å². The molecule has 112 valence electrons. The lowest BCUT2D eigenvalue weighted by molar-refractivity contribution is 0.191. The van der Waals surface area contributed by atoms with E-state index >= 15 is 0 Å². The third kappa shape index (κ3) is 3.86. The molecule has 0 aliphatic rings. The molecular formula is C16H18FNO3. The molecule has 0 aliphatic carbocycles. The highest BCUT2D eigenvalue weighted by Crippen LogP contribution is 2.23. The van der Waals surface area contributed by atoms with Crippen molar-refractivity contribution in [2.75, 3.05) is 26.1 Å². The lowest BCUT2D eigenvalue weighted by Gasteiger charge is -2.14. The Morgan fingerprint density at radius 2 is 1.81 bits per heavy atom. The topological polar surface area (TPSA) is 50.7 Å². The number of nitrogens with one attached hydrogen (secondary N) is 1. The number of aliphatic hydroxyl groups excluding tert-OH is 1. The molecule has 0 radical (unpaired) electrons. The molecule has 2 N–H and O–H groups in total. The van der Waals surface area contributed by atoms with Gasteiger partial charge in [-0.05, 0) is 29.8 Å². The Bertz CT molecular complexity index is 587. The van der Waals surface area contributed by atoms with Crippen molar-refractivity contribution in [2.24, 2.45) is 0 Å². The van der Waals surface area contributed by atoms with Crippen LogP contribution in [-0.4, -0.2) is 25.9 Å². The van der Waals surface area contributed by atoms with Crippen molar-refractivity contribution in [3.63, 3.8) is 0 Å². The summed E-state index contributed by atoms with van der Waals surface area (Å²) >= 11 is 0. The zero-order chi connectivity index (χ0) is 15.2. The Labute approximate surface area is 123 Å². The zero-order valence-corrected chi connectivity index (χ0v) is 12.0. The fourth-order valence-electron chi connectivity index (χ4n) is 1.93. The molecule has 0 aliphatic heterocycles. The first-order valence-electron chi connectivity index (χ1n) is 6.53. The maximum absolute atomic E-state index is 13.3. The van der Waals surface area contributed by atoms with Crippen LogP contribution in [0.3, 0.4) is 0 Å². The van der Waals surface area contributed by atoms with Gasteiger partial charge in [-0.25, -0.2) is 4.39 Å². The van der Waals surface area contributed by atoms with E-state index in [1.54, 1.807) is 43.5 Å². The van der Waals surface area contributed by atoms with Gasteiger partial charge in [0.1, 0.15) is 5.75 Å². The maximum Gasteiger partial charge on any atom is 0.165 e. The Kier molecular flexibility index (Phi) is 5.00. The number of halogens is 1. The van der Waals surface area contributed by atoms with E-state index in [9.17, 15) is 9.50 Å². The van der Waals surface area contributed by atoms with E-state index in [2.05, 4.69) is 5.32 Å². The Morgan fingerprint density at radius 3 is 2.43 bits per heavy atom. The summed E-state index contributed by atoms with van der Waals surface area (Å²) in [6, 6.07) is 11.7. The largest absolute Gasteiger partial charge is 0.497 e. The van der Waals surface area contributed by atoms with Crippen LogP contribution in [0.5, 0.6) is 11.5 Å². The molecule has 4 nitrogen and oxygen atoms in total. The van der Waals surface area contributed by atoms with Gasteiger partial charge in [0.05, 0.1) is 20.3 Å². The number of aliphatic hydroxyl groups is 1. The second-order valence-corrected chi connectivity index (χ2v) is 4.52. The zero-order valence-electron chi connectivity index (χ0n) is 12.0. The molecule has 0 fully saturated rings. The van der Waals surface area contributed by atoms with Crippen LogP contribution in [-0.2, 0) is 0 Å². The smallest absolute Gasteiger partial charge is 0.165 e. The van der Waals surface area contributed by atoms with Gasteiger partial charge in [-0.1, -0.05) is 12.1 Å². The molecule has 0 saturated carbocycles. The number of ether oxygens (including phenoxy) is 2. The molecule has 0 aromatic heterocycles. The Hall–Kier alpha value is -2.27. The third-order valence-electron chi connectivity index (χ3n) is 3.15. The van der Waals surface area contributed by atoms with Gasteiger partial charge >= 0.3 is 0 Å². The fraction of sp³-hybridized carbons (Fsp3) is 0.250. The molecule has 1 unspecified atom stereocenters. The van der Waals surface area contributed by atoms with Gasteiger partial charge in [-0.15, -0.1) is 0 Å². The molecule has 2 rings (SSSR count). The number of benzene rings is 2. The van der Waals surface area contributed by atoms with E-state index < -0.39 is 11.9 Å². The summed E-state index contributed by atoms with van der Waals surface area (Å²) in [5.74, 6) is 0.486. The van der Waals surface area contributed by atoms with E-state index in [0.29, 0.717) is 12.2 Å². The lowest BCUT2D eigenvalue weighted by Crippen LogP contribution is -2.12. The number of anilines is 1. The normalized spacial score (nSPS) is 11.8. The summed E-state index contributed by atoms with van der Waals surface area (Å²) in [7, 11) is 3.00. The summed E-state index contributed by atoms with van der Waals surface area (Å²) in [5, 5.41) is 13.2. The first-order valence-corrected chi connectivity index (χ1v) is 6.53. The SMILES string of the molecule is COc1ccc(C(O)CNc2ccc(F)c(OC)c2)cc1. The van der Waals surface area contributed by atoms with Crippen LogP contribution in [0.25, 0.3) is 0 Å². The predicted molar refractivity (Wildman–Crippen MR) is 79.4 cm³/mol. The standard InChI is InChI=1S/C16H18FNO3/c1-20-13-6-3-11(4-7-13)15(19)10-18-12-5-8-14(17)16(9-12)21-2/h3-9,15,18-19H,10H2,1-2H3. The highest BCUT2D eigenvalue weighted by molar-refractivity contribution is 5.49. The van der Waals surface area contributed by atoms with Crippen molar-refractivity contribution in [3.8, 4) is 11.5 Å². The molecule has 0 saturated heterocycles. The third-order valence-corrected chi connectivity index (χ3v) is 3.15. The first-order chi connectivity index (χ1) is 10.1. The molecule has 0 spiro atoms. The predicted octanol–water partition coefficient (Wildman–Crippen LogP) is 2.99. The van der Waals surface area contributed by atoms with Crippen LogP contribution in [0.15, 0.2) is 42.5 Å². The van der Waals surface area contributed by atoms with Crippen LogP contribution < -0.4 is 14.8 Å². The van der Waals surface area contributed by atoms with Gasteiger partial charge in [0.15, 0.2) is 11.6 Å². The molecule has 2 aromatic carbocycles. The summed E-state index contributed by atoms with van der Waals surface area (Å²) in [5.41, 5.74) is 1.46. The summed E-state index contributed by atoms with van der Waals surface area (Å²) < 4.78 is 23.3. The van der Waals surface area contributed by atoms with Gasteiger partial charge < -0.3 is 19.9 Å². The van der Waals surface area contributed by atoms with Crippen molar-refractivity contribution in [1.29, 1.82) is 0 Å². The highest BCUT2D eigenvalue weighted by Gasteiger charge is 2.09. The average Bonchev–Trinajstić information content (AvgIpc) is 2.53. The molecule has 0 bridgehead atoms. The summed E-state index contributed by atoms with van der Waals surface area (Å²) in [6.45, 7) is 0.307. The maximum atomic E-state index is 13.3. The van der Waals surface area contributed by atoms with Crippen LogP contribution in [0.4, 0.5) is 10.1 Å². The quantitative estimate of drug-likeness (QED) is 0.859. The van der Waals surface area contributed by atoms with E-state index in [0.717, 1.165) is 11.3 Å². The molecule has 0 heterocycles. The fourth-order valence-corrected chi connectivity index (χ4v) is 1.93. The van der Waals surface area contributed by atoms with Gasteiger partial charge in [0.2, 0.25) is 0 Å².